The van der Waals surface area contributed by atoms with Gasteiger partial charge in [-0.25, -0.2) is 0 Å². The Morgan fingerprint density at radius 1 is 1.29 bits per heavy atom. The van der Waals surface area contributed by atoms with Crippen molar-refractivity contribution >= 4 is 15.9 Å². The molecule has 2 rings (SSSR count). The molecule has 0 N–H and O–H groups in total. The Hall–Kier alpha value is -1.16. The van der Waals surface area contributed by atoms with Crippen LogP contribution in [0.4, 0.5) is 4.39 Å². The SMILES string of the molecule is CC(C)Cn1nc(F)cc1-c1ccc(Br)cc1. The Labute approximate surface area is 109 Å². The average Bonchev–Trinajstić information content (AvgIpc) is 2.59. The minimum atomic E-state index is -0.427. The van der Waals surface area contributed by atoms with Gasteiger partial charge in [-0.15, -0.1) is 5.10 Å². The van der Waals surface area contributed by atoms with E-state index in [-0.39, 0.29) is 0 Å². The molecule has 0 bridgehead atoms. The molecule has 0 unspecified atom stereocenters. The molecular formula is C13H14BrFN2. The summed E-state index contributed by atoms with van der Waals surface area (Å²) in [4.78, 5) is 0. The number of rotatable bonds is 3. The summed E-state index contributed by atoms with van der Waals surface area (Å²) in [7, 11) is 0. The van der Waals surface area contributed by atoms with E-state index in [0.29, 0.717) is 5.92 Å². The zero-order valence-electron chi connectivity index (χ0n) is 9.82. The second kappa shape index (κ2) is 5.00. The topological polar surface area (TPSA) is 17.8 Å². The van der Waals surface area contributed by atoms with Gasteiger partial charge in [-0.1, -0.05) is 41.9 Å². The van der Waals surface area contributed by atoms with Crippen LogP contribution in [0.3, 0.4) is 0 Å². The minimum absolute atomic E-state index is 0.427. The molecule has 0 saturated carbocycles. The number of aromatic nitrogens is 2. The summed E-state index contributed by atoms with van der Waals surface area (Å²) in [5, 5.41) is 3.89. The van der Waals surface area contributed by atoms with Crippen molar-refractivity contribution in [3.63, 3.8) is 0 Å². The van der Waals surface area contributed by atoms with Crippen molar-refractivity contribution in [1.82, 2.24) is 9.78 Å². The van der Waals surface area contributed by atoms with Crippen LogP contribution in [0.25, 0.3) is 11.3 Å². The van der Waals surface area contributed by atoms with Gasteiger partial charge in [-0.05, 0) is 23.6 Å². The van der Waals surface area contributed by atoms with Gasteiger partial charge in [-0.3, -0.25) is 4.68 Å². The van der Waals surface area contributed by atoms with Crippen LogP contribution in [0.1, 0.15) is 13.8 Å². The molecule has 0 fully saturated rings. The Morgan fingerprint density at radius 2 is 1.94 bits per heavy atom. The van der Waals surface area contributed by atoms with E-state index in [1.165, 1.54) is 6.07 Å². The fourth-order valence-electron chi connectivity index (χ4n) is 1.72. The van der Waals surface area contributed by atoms with Crippen molar-refractivity contribution in [2.24, 2.45) is 5.92 Å². The lowest BCUT2D eigenvalue weighted by Crippen LogP contribution is -2.07. The Bertz CT molecular complexity index is 503. The summed E-state index contributed by atoms with van der Waals surface area (Å²) in [6.45, 7) is 4.89. The van der Waals surface area contributed by atoms with Crippen LogP contribution in [0.2, 0.25) is 0 Å². The summed E-state index contributed by atoms with van der Waals surface area (Å²) in [6, 6.07) is 9.28. The molecule has 1 aromatic heterocycles. The summed E-state index contributed by atoms with van der Waals surface area (Å²) in [5.74, 6) is 0.00654. The molecule has 0 aliphatic heterocycles. The molecule has 0 aliphatic rings. The third-order valence-corrected chi connectivity index (χ3v) is 2.96. The Balaban J connectivity index is 2.40. The molecule has 1 aromatic carbocycles. The number of hydrogen-bond acceptors (Lipinski definition) is 1. The molecule has 17 heavy (non-hydrogen) atoms. The van der Waals surface area contributed by atoms with Crippen molar-refractivity contribution < 1.29 is 4.39 Å². The van der Waals surface area contributed by atoms with Gasteiger partial charge in [0.1, 0.15) is 0 Å². The van der Waals surface area contributed by atoms with Crippen molar-refractivity contribution in [3.05, 3.63) is 40.8 Å². The molecule has 2 nitrogen and oxygen atoms in total. The van der Waals surface area contributed by atoms with Crippen LogP contribution in [0.5, 0.6) is 0 Å². The van der Waals surface area contributed by atoms with E-state index in [0.717, 1.165) is 22.3 Å². The second-order valence-corrected chi connectivity index (χ2v) is 5.35. The highest BCUT2D eigenvalue weighted by molar-refractivity contribution is 9.10. The number of benzene rings is 1. The van der Waals surface area contributed by atoms with E-state index in [9.17, 15) is 4.39 Å². The zero-order valence-corrected chi connectivity index (χ0v) is 11.4. The predicted molar refractivity (Wildman–Crippen MR) is 70.2 cm³/mol. The number of halogens is 2. The molecule has 0 radical (unpaired) electrons. The lowest BCUT2D eigenvalue weighted by Gasteiger charge is -2.09. The summed E-state index contributed by atoms with van der Waals surface area (Å²) < 4.78 is 16.0. The van der Waals surface area contributed by atoms with E-state index >= 15 is 0 Å². The van der Waals surface area contributed by atoms with Crippen LogP contribution in [0.15, 0.2) is 34.8 Å². The maximum atomic E-state index is 13.3. The first-order valence-electron chi connectivity index (χ1n) is 5.55. The van der Waals surface area contributed by atoms with Crippen molar-refractivity contribution in [2.75, 3.05) is 0 Å². The van der Waals surface area contributed by atoms with E-state index in [4.69, 9.17) is 0 Å². The van der Waals surface area contributed by atoms with Crippen LogP contribution < -0.4 is 0 Å². The standard InChI is InChI=1S/C13H14BrFN2/c1-9(2)8-17-12(7-13(15)16-17)10-3-5-11(14)6-4-10/h3-7,9H,8H2,1-2H3. The Morgan fingerprint density at radius 3 is 2.53 bits per heavy atom. The smallest absolute Gasteiger partial charge is 0.233 e. The maximum absolute atomic E-state index is 13.3. The highest BCUT2D eigenvalue weighted by Crippen LogP contribution is 2.23. The first kappa shape index (κ1) is 12.3. The average molecular weight is 297 g/mol. The summed E-state index contributed by atoms with van der Waals surface area (Å²) in [6.07, 6.45) is 0. The van der Waals surface area contributed by atoms with Crippen LogP contribution in [0, 0.1) is 11.9 Å². The molecule has 0 saturated heterocycles. The molecule has 0 amide bonds. The van der Waals surface area contributed by atoms with Crippen molar-refractivity contribution in [2.45, 2.75) is 20.4 Å². The van der Waals surface area contributed by atoms with Gasteiger partial charge < -0.3 is 0 Å². The van der Waals surface area contributed by atoms with Gasteiger partial charge >= 0.3 is 0 Å². The number of nitrogens with zero attached hydrogens (tertiary/aromatic N) is 2. The van der Waals surface area contributed by atoms with E-state index < -0.39 is 5.95 Å². The van der Waals surface area contributed by atoms with E-state index in [1.54, 1.807) is 4.68 Å². The highest BCUT2D eigenvalue weighted by atomic mass is 79.9. The van der Waals surface area contributed by atoms with E-state index in [2.05, 4.69) is 34.9 Å². The van der Waals surface area contributed by atoms with Gasteiger partial charge in [0.2, 0.25) is 5.95 Å². The second-order valence-electron chi connectivity index (χ2n) is 4.44. The lowest BCUT2D eigenvalue weighted by molar-refractivity contribution is 0.459. The summed E-state index contributed by atoms with van der Waals surface area (Å²) >= 11 is 3.39. The maximum Gasteiger partial charge on any atom is 0.233 e. The highest BCUT2D eigenvalue weighted by Gasteiger charge is 2.10. The van der Waals surface area contributed by atoms with Gasteiger partial charge in [0, 0.05) is 17.1 Å². The molecule has 90 valence electrons. The molecule has 1 heterocycles. The normalized spacial score (nSPS) is 11.1. The molecule has 0 spiro atoms. The van der Waals surface area contributed by atoms with Crippen molar-refractivity contribution in [3.8, 4) is 11.3 Å². The largest absolute Gasteiger partial charge is 0.262 e. The predicted octanol–water partition coefficient (Wildman–Crippen LogP) is 4.11. The third kappa shape index (κ3) is 2.94. The quantitative estimate of drug-likeness (QED) is 0.833. The third-order valence-electron chi connectivity index (χ3n) is 2.43. The van der Waals surface area contributed by atoms with Gasteiger partial charge in [0.25, 0.3) is 0 Å². The molecule has 4 heteroatoms. The van der Waals surface area contributed by atoms with Crippen LogP contribution in [-0.2, 0) is 6.54 Å². The Kier molecular flexibility index (Phi) is 3.62. The van der Waals surface area contributed by atoms with E-state index in [1.807, 2.05) is 24.3 Å². The van der Waals surface area contributed by atoms with Crippen LogP contribution >= 0.6 is 15.9 Å². The molecular weight excluding hydrogens is 283 g/mol. The fraction of sp³-hybridized carbons (Fsp3) is 0.308. The molecule has 0 aliphatic carbocycles. The monoisotopic (exact) mass is 296 g/mol. The van der Waals surface area contributed by atoms with Crippen LogP contribution in [-0.4, -0.2) is 9.78 Å². The minimum Gasteiger partial charge on any atom is -0.262 e. The number of hydrogen-bond donors (Lipinski definition) is 0. The van der Waals surface area contributed by atoms with Gasteiger partial charge in [0.15, 0.2) is 0 Å². The first-order valence-corrected chi connectivity index (χ1v) is 6.35. The fourth-order valence-corrected chi connectivity index (χ4v) is 1.99. The van der Waals surface area contributed by atoms with Crippen molar-refractivity contribution in [1.29, 1.82) is 0 Å². The van der Waals surface area contributed by atoms with Gasteiger partial charge in [-0.2, -0.15) is 4.39 Å². The van der Waals surface area contributed by atoms with Gasteiger partial charge in [0.05, 0.1) is 5.69 Å². The zero-order chi connectivity index (χ0) is 12.4. The molecule has 2 aromatic rings. The molecule has 0 atom stereocenters. The first-order chi connectivity index (χ1) is 8.06. The summed E-state index contributed by atoms with van der Waals surface area (Å²) in [5.41, 5.74) is 1.80. The lowest BCUT2D eigenvalue weighted by atomic mass is 10.1.